The normalized spacial score (nSPS) is 24.6. The minimum absolute atomic E-state index is 0.143. The SMILES string of the molecule is CC1CC(=O)N(c2ccccc2C(=O)OC[C@@]23CCC[C@@H](CN(CCCc4ccccc4)C2)/C3=C\c2cccc(Cl)c2)C1=O. The van der Waals surface area contributed by atoms with Crippen LogP contribution in [0.15, 0.2) is 84.4 Å². The quantitative estimate of drug-likeness (QED) is 0.189. The van der Waals surface area contributed by atoms with Crippen LogP contribution in [0.2, 0.25) is 5.02 Å². The van der Waals surface area contributed by atoms with E-state index in [0.717, 1.165) is 62.2 Å². The number of halogens is 1. The molecule has 3 aromatic carbocycles. The summed E-state index contributed by atoms with van der Waals surface area (Å²) in [7, 11) is 0. The van der Waals surface area contributed by atoms with Gasteiger partial charge >= 0.3 is 5.97 Å². The lowest BCUT2D eigenvalue weighted by Gasteiger charge is -2.51. The number of ether oxygens (including phenoxy) is 1. The molecule has 44 heavy (non-hydrogen) atoms. The molecule has 0 spiro atoms. The highest BCUT2D eigenvalue weighted by Crippen LogP contribution is 2.49. The fourth-order valence-corrected chi connectivity index (χ4v) is 7.51. The number of fused-ring (bicyclic) bond motifs is 2. The van der Waals surface area contributed by atoms with Crippen molar-refractivity contribution in [3.63, 3.8) is 0 Å². The zero-order valence-corrected chi connectivity index (χ0v) is 26.0. The van der Waals surface area contributed by atoms with Crippen LogP contribution in [-0.2, 0) is 20.7 Å². The Bertz CT molecular complexity index is 1570. The molecule has 1 unspecified atom stereocenters. The van der Waals surface area contributed by atoms with E-state index in [9.17, 15) is 14.4 Å². The number of hydrogen-bond acceptors (Lipinski definition) is 5. The molecule has 0 N–H and O–H groups in total. The van der Waals surface area contributed by atoms with Gasteiger partial charge in [-0.15, -0.1) is 0 Å². The van der Waals surface area contributed by atoms with Crippen molar-refractivity contribution in [1.82, 2.24) is 4.90 Å². The Morgan fingerprint density at radius 3 is 2.61 bits per heavy atom. The van der Waals surface area contributed by atoms with E-state index in [1.807, 2.05) is 24.3 Å². The first kappa shape index (κ1) is 30.3. The molecule has 3 aliphatic rings. The Labute approximate surface area is 264 Å². The van der Waals surface area contributed by atoms with Crippen LogP contribution in [0.5, 0.6) is 0 Å². The molecular formula is C37H39ClN2O4. The minimum Gasteiger partial charge on any atom is -0.461 e. The van der Waals surface area contributed by atoms with Crippen LogP contribution in [0.4, 0.5) is 5.69 Å². The molecular weight excluding hydrogens is 572 g/mol. The highest BCUT2D eigenvalue weighted by Gasteiger charge is 2.47. The lowest BCUT2D eigenvalue weighted by atomic mass is 9.62. The van der Waals surface area contributed by atoms with Crippen LogP contribution in [0.25, 0.3) is 6.08 Å². The van der Waals surface area contributed by atoms with Gasteiger partial charge in [0.05, 0.1) is 11.3 Å². The third-order valence-corrected chi connectivity index (χ3v) is 9.67. The van der Waals surface area contributed by atoms with E-state index in [2.05, 4.69) is 41.3 Å². The molecule has 0 aromatic heterocycles. The molecule has 3 aromatic rings. The first-order chi connectivity index (χ1) is 21.3. The Morgan fingerprint density at radius 2 is 1.84 bits per heavy atom. The number of benzene rings is 3. The highest BCUT2D eigenvalue weighted by atomic mass is 35.5. The summed E-state index contributed by atoms with van der Waals surface area (Å²) in [6.07, 6.45) is 7.57. The van der Waals surface area contributed by atoms with Crippen molar-refractivity contribution >= 4 is 41.1 Å². The second-order valence-corrected chi connectivity index (χ2v) is 13.1. The number of esters is 1. The predicted octanol–water partition coefficient (Wildman–Crippen LogP) is 7.21. The smallest absolute Gasteiger partial charge is 0.340 e. The van der Waals surface area contributed by atoms with Crippen LogP contribution < -0.4 is 4.90 Å². The summed E-state index contributed by atoms with van der Waals surface area (Å²) in [4.78, 5) is 42.9. The zero-order valence-electron chi connectivity index (χ0n) is 25.2. The summed E-state index contributed by atoms with van der Waals surface area (Å²) >= 11 is 6.36. The Kier molecular flexibility index (Phi) is 9.01. The van der Waals surface area contributed by atoms with Gasteiger partial charge in [-0.25, -0.2) is 9.69 Å². The second-order valence-electron chi connectivity index (χ2n) is 12.6. The fourth-order valence-electron chi connectivity index (χ4n) is 7.31. The number of nitrogens with zero attached hydrogens (tertiary/aromatic N) is 2. The average Bonchev–Trinajstić information content (AvgIpc) is 3.27. The second kappa shape index (κ2) is 13.1. The Hall–Kier alpha value is -3.74. The molecule has 2 bridgehead atoms. The van der Waals surface area contributed by atoms with Crippen LogP contribution >= 0.6 is 11.6 Å². The summed E-state index contributed by atoms with van der Waals surface area (Å²) < 4.78 is 6.17. The van der Waals surface area contributed by atoms with Gasteiger partial charge < -0.3 is 9.64 Å². The molecule has 7 heteroatoms. The maximum atomic E-state index is 13.7. The van der Waals surface area contributed by atoms with E-state index < -0.39 is 11.9 Å². The van der Waals surface area contributed by atoms with Crippen molar-refractivity contribution in [3.05, 3.63) is 106 Å². The van der Waals surface area contributed by atoms with Gasteiger partial charge in [0.1, 0.15) is 6.61 Å². The van der Waals surface area contributed by atoms with E-state index in [1.54, 1.807) is 31.2 Å². The average molecular weight is 611 g/mol. The third-order valence-electron chi connectivity index (χ3n) is 9.44. The molecule has 6 nitrogen and oxygen atoms in total. The van der Waals surface area contributed by atoms with Gasteiger partial charge in [0.2, 0.25) is 11.8 Å². The number of carbonyl (C=O) groups excluding carboxylic acids is 3. The van der Waals surface area contributed by atoms with Crippen LogP contribution in [0.1, 0.15) is 60.5 Å². The number of anilines is 1. The van der Waals surface area contributed by atoms with Gasteiger partial charge in [-0.3, -0.25) is 9.59 Å². The number of rotatable bonds is 9. The topological polar surface area (TPSA) is 66.9 Å². The summed E-state index contributed by atoms with van der Waals surface area (Å²) in [5.74, 6) is -1.13. The van der Waals surface area contributed by atoms with E-state index >= 15 is 0 Å². The summed E-state index contributed by atoms with van der Waals surface area (Å²) in [6, 6.07) is 25.3. The van der Waals surface area contributed by atoms with Gasteiger partial charge in [-0.1, -0.05) is 91.2 Å². The van der Waals surface area contributed by atoms with E-state index in [4.69, 9.17) is 16.3 Å². The van der Waals surface area contributed by atoms with Gasteiger partial charge in [0.25, 0.3) is 0 Å². The number of aryl methyl sites for hydroxylation is 1. The van der Waals surface area contributed by atoms with Crippen LogP contribution in [-0.4, -0.2) is 48.9 Å². The first-order valence-electron chi connectivity index (χ1n) is 15.7. The maximum Gasteiger partial charge on any atom is 0.340 e. The Balaban J connectivity index is 1.25. The number of imide groups is 1. The minimum atomic E-state index is -0.513. The van der Waals surface area contributed by atoms with Crippen molar-refractivity contribution in [3.8, 4) is 0 Å². The molecule has 1 aliphatic carbocycles. The third kappa shape index (κ3) is 6.38. The lowest BCUT2D eigenvalue weighted by molar-refractivity contribution is -0.122. The van der Waals surface area contributed by atoms with Crippen LogP contribution in [0, 0.1) is 17.3 Å². The van der Waals surface area contributed by atoms with Gasteiger partial charge in [-0.05, 0) is 73.5 Å². The van der Waals surface area contributed by atoms with Gasteiger partial charge in [0, 0.05) is 35.9 Å². The summed E-state index contributed by atoms with van der Waals surface area (Å²) in [5.41, 5.74) is 3.93. The van der Waals surface area contributed by atoms with Crippen molar-refractivity contribution in [2.45, 2.75) is 45.4 Å². The van der Waals surface area contributed by atoms with Crippen molar-refractivity contribution in [2.24, 2.45) is 17.3 Å². The van der Waals surface area contributed by atoms with Gasteiger partial charge in [0.15, 0.2) is 0 Å². The highest BCUT2D eigenvalue weighted by molar-refractivity contribution is 6.30. The Morgan fingerprint density at radius 1 is 1.05 bits per heavy atom. The summed E-state index contributed by atoms with van der Waals surface area (Å²) in [6.45, 7) is 4.74. The lowest BCUT2D eigenvalue weighted by Crippen LogP contribution is -2.53. The van der Waals surface area contributed by atoms with Crippen molar-refractivity contribution in [2.75, 3.05) is 31.1 Å². The standard InChI is InChI=1S/C37H39ClN2O4/c1-26-20-34(41)40(35(26)42)33-17-6-5-16-31(33)36(43)44-25-37-18-8-14-29(32(37)22-28-12-7-15-30(38)21-28)23-39(24-37)19-9-13-27-10-3-2-4-11-27/h2-7,10-12,15-17,21-22,26,29H,8-9,13-14,18-20,23-25H2,1H3/b32-22+/t26?,29-,37+/m0/s1. The molecule has 0 radical (unpaired) electrons. The molecule has 3 fully saturated rings. The number of amides is 2. The first-order valence-corrected chi connectivity index (χ1v) is 16.1. The fraction of sp³-hybridized carbons (Fsp3) is 0.378. The monoisotopic (exact) mass is 610 g/mol. The van der Waals surface area contributed by atoms with Crippen LogP contribution in [0.3, 0.4) is 0 Å². The number of hydrogen-bond donors (Lipinski definition) is 0. The van der Waals surface area contributed by atoms with E-state index in [-0.39, 0.29) is 35.8 Å². The van der Waals surface area contributed by atoms with Crippen molar-refractivity contribution < 1.29 is 19.1 Å². The molecule has 2 aliphatic heterocycles. The largest absolute Gasteiger partial charge is 0.461 e. The maximum absolute atomic E-state index is 13.7. The number of para-hydroxylation sites is 1. The molecule has 2 heterocycles. The summed E-state index contributed by atoms with van der Waals surface area (Å²) in [5, 5.41) is 0.695. The van der Waals surface area contributed by atoms with Crippen molar-refractivity contribution in [1.29, 1.82) is 0 Å². The zero-order chi connectivity index (χ0) is 30.7. The molecule has 228 valence electrons. The molecule has 2 amide bonds. The number of carbonyl (C=O) groups is 3. The van der Waals surface area contributed by atoms with E-state index in [1.165, 1.54) is 11.1 Å². The number of likely N-dealkylation sites (tertiary alicyclic amines) is 1. The molecule has 1 saturated carbocycles. The predicted molar refractivity (Wildman–Crippen MR) is 173 cm³/mol. The number of piperidine rings is 1. The molecule has 6 rings (SSSR count). The van der Waals surface area contributed by atoms with Gasteiger partial charge in [-0.2, -0.15) is 0 Å². The molecule has 2 saturated heterocycles. The molecule has 3 atom stereocenters. The van der Waals surface area contributed by atoms with E-state index in [0.29, 0.717) is 16.6 Å².